The Balaban J connectivity index is 2.89. The molecule has 1 aromatic rings. The molecular weight excluding hydrogens is 294 g/mol. The van der Waals surface area contributed by atoms with E-state index in [0.29, 0.717) is 6.54 Å². The molecule has 0 heterocycles. The average Bonchev–Trinajstić information content (AvgIpc) is 2.34. The lowest BCUT2D eigenvalue weighted by Crippen LogP contribution is -2.34. The molecule has 0 aliphatic rings. The summed E-state index contributed by atoms with van der Waals surface area (Å²) in [6.07, 6.45) is 2.11. The van der Waals surface area contributed by atoms with Gasteiger partial charge in [0.15, 0.2) is 0 Å². The predicted molar refractivity (Wildman–Crippen MR) is 78.3 cm³/mol. The molecule has 1 rings (SSSR count). The number of halogens is 1. The second-order valence-electron chi connectivity index (χ2n) is 4.22. The van der Waals surface area contributed by atoms with Gasteiger partial charge in [0.05, 0.1) is 6.54 Å². The SMILES string of the molecule is CCCCN(CC(N)=O)c1ccc(CN)c(Br)c1. The molecule has 0 unspecified atom stereocenters. The lowest BCUT2D eigenvalue weighted by atomic mass is 10.2. The van der Waals surface area contributed by atoms with Gasteiger partial charge in [0, 0.05) is 23.2 Å². The standard InChI is InChI=1S/C13H20BrN3O/c1-2-3-6-17(9-13(16)18)11-5-4-10(8-15)12(14)7-11/h4-5,7H,2-3,6,8-9,15H2,1H3,(H2,16,18). The molecule has 0 spiro atoms. The molecule has 18 heavy (non-hydrogen) atoms. The lowest BCUT2D eigenvalue weighted by molar-refractivity contribution is -0.116. The maximum absolute atomic E-state index is 11.1. The Morgan fingerprint density at radius 1 is 1.44 bits per heavy atom. The normalized spacial score (nSPS) is 10.4. The molecule has 1 aromatic carbocycles. The first kappa shape index (κ1) is 15.0. The highest BCUT2D eigenvalue weighted by Crippen LogP contribution is 2.24. The zero-order valence-corrected chi connectivity index (χ0v) is 12.2. The van der Waals surface area contributed by atoms with Crippen molar-refractivity contribution < 1.29 is 4.79 Å². The van der Waals surface area contributed by atoms with E-state index in [1.54, 1.807) is 0 Å². The summed E-state index contributed by atoms with van der Waals surface area (Å²) in [6, 6.07) is 5.94. The molecule has 1 amide bonds. The van der Waals surface area contributed by atoms with Gasteiger partial charge in [-0.1, -0.05) is 35.3 Å². The molecule has 0 aliphatic heterocycles. The van der Waals surface area contributed by atoms with Crippen LogP contribution in [0.25, 0.3) is 0 Å². The van der Waals surface area contributed by atoms with Crippen LogP contribution in [0.15, 0.2) is 22.7 Å². The highest BCUT2D eigenvalue weighted by Gasteiger charge is 2.10. The van der Waals surface area contributed by atoms with Crippen molar-refractivity contribution in [2.75, 3.05) is 18.0 Å². The molecule has 100 valence electrons. The summed E-state index contributed by atoms with van der Waals surface area (Å²) in [5, 5.41) is 0. The van der Waals surface area contributed by atoms with Gasteiger partial charge >= 0.3 is 0 Å². The molecule has 0 fully saturated rings. The number of carbonyl (C=O) groups is 1. The van der Waals surface area contributed by atoms with E-state index in [0.717, 1.165) is 35.1 Å². The number of carbonyl (C=O) groups excluding carboxylic acids is 1. The van der Waals surface area contributed by atoms with Crippen LogP contribution in [0.5, 0.6) is 0 Å². The minimum atomic E-state index is -0.315. The summed E-state index contributed by atoms with van der Waals surface area (Å²) in [5.74, 6) is -0.315. The van der Waals surface area contributed by atoms with Crippen LogP contribution < -0.4 is 16.4 Å². The quantitative estimate of drug-likeness (QED) is 0.808. The maximum atomic E-state index is 11.1. The van der Waals surface area contributed by atoms with E-state index in [2.05, 4.69) is 22.9 Å². The van der Waals surface area contributed by atoms with Crippen LogP contribution in [0.3, 0.4) is 0 Å². The zero-order chi connectivity index (χ0) is 13.5. The van der Waals surface area contributed by atoms with Crippen molar-refractivity contribution in [3.63, 3.8) is 0 Å². The Kier molecular flexibility index (Phi) is 6.15. The molecule has 0 saturated heterocycles. The molecule has 0 aliphatic carbocycles. The number of nitrogens with two attached hydrogens (primary N) is 2. The van der Waals surface area contributed by atoms with E-state index in [-0.39, 0.29) is 12.5 Å². The predicted octanol–water partition coefficient (Wildman–Crippen LogP) is 2.00. The third-order valence-electron chi connectivity index (χ3n) is 2.75. The van der Waals surface area contributed by atoms with Gasteiger partial charge in [0.2, 0.25) is 5.91 Å². The smallest absolute Gasteiger partial charge is 0.236 e. The highest BCUT2D eigenvalue weighted by molar-refractivity contribution is 9.10. The number of unbranched alkanes of at least 4 members (excludes halogenated alkanes) is 1. The van der Waals surface area contributed by atoms with Gasteiger partial charge in [0.25, 0.3) is 0 Å². The van der Waals surface area contributed by atoms with Gasteiger partial charge < -0.3 is 16.4 Å². The molecular formula is C13H20BrN3O. The fourth-order valence-electron chi connectivity index (χ4n) is 1.73. The summed E-state index contributed by atoms with van der Waals surface area (Å²) in [4.78, 5) is 13.1. The van der Waals surface area contributed by atoms with Gasteiger partial charge in [0.1, 0.15) is 0 Å². The number of amides is 1. The minimum Gasteiger partial charge on any atom is -0.368 e. The number of nitrogens with zero attached hydrogens (tertiary/aromatic N) is 1. The van der Waals surface area contributed by atoms with Gasteiger partial charge in [-0.25, -0.2) is 0 Å². The monoisotopic (exact) mass is 313 g/mol. The van der Waals surface area contributed by atoms with Crippen LogP contribution >= 0.6 is 15.9 Å². The van der Waals surface area contributed by atoms with Crippen molar-refractivity contribution in [3.05, 3.63) is 28.2 Å². The van der Waals surface area contributed by atoms with Crippen LogP contribution in [0, 0.1) is 0 Å². The average molecular weight is 314 g/mol. The van der Waals surface area contributed by atoms with E-state index in [9.17, 15) is 4.79 Å². The highest BCUT2D eigenvalue weighted by atomic mass is 79.9. The Labute approximate surface area is 116 Å². The first-order valence-corrected chi connectivity index (χ1v) is 6.89. The van der Waals surface area contributed by atoms with Crippen LogP contribution in [0.1, 0.15) is 25.3 Å². The van der Waals surface area contributed by atoms with Crippen molar-refractivity contribution in [2.45, 2.75) is 26.3 Å². The Morgan fingerprint density at radius 2 is 2.17 bits per heavy atom. The van der Waals surface area contributed by atoms with Crippen LogP contribution in [-0.2, 0) is 11.3 Å². The maximum Gasteiger partial charge on any atom is 0.236 e. The molecule has 0 saturated carbocycles. The first-order valence-electron chi connectivity index (χ1n) is 6.10. The lowest BCUT2D eigenvalue weighted by Gasteiger charge is -2.23. The molecule has 0 bridgehead atoms. The van der Waals surface area contributed by atoms with E-state index in [1.807, 2.05) is 23.1 Å². The fourth-order valence-corrected chi connectivity index (χ4v) is 2.26. The third-order valence-corrected chi connectivity index (χ3v) is 3.49. The third kappa shape index (κ3) is 4.31. The number of hydrogen-bond acceptors (Lipinski definition) is 3. The number of anilines is 1. The largest absolute Gasteiger partial charge is 0.368 e. The van der Waals surface area contributed by atoms with Gasteiger partial charge in [-0.05, 0) is 24.1 Å². The van der Waals surface area contributed by atoms with Crippen molar-refractivity contribution >= 4 is 27.5 Å². The van der Waals surface area contributed by atoms with Crippen molar-refractivity contribution in [2.24, 2.45) is 11.5 Å². The van der Waals surface area contributed by atoms with Gasteiger partial charge in [-0.3, -0.25) is 4.79 Å². The Hall–Kier alpha value is -1.07. The van der Waals surface area contributed by atoms with Crippen LogP contribution in [-0.4, -0.2) is 19.0 Å². The summed E-state index contributed by atoms with van der Waals surface area (Å²) < 4.78 is 0.966. The van der Waals surface area contributed by atoms with Crippen molar-refractivity contribution in [1.82, 2.24) is 0 Å². The van der Waals surface area contributed by atoms with Crippen LogP contribution in [0.4, 0.5) is 5.69 Å². The summed E-state index contributed by atoms with van der Waals surface area (Å²) in [5.41, 5.74) is 12.9. The summed E-state index contributed by atoms with van der Waals surface area (Å²) in [7, 11) is 0. The topological polar surface area (TPSA) is 72.3 Å². The second kappa shape index (κ2) is 7.38. The van der Waals surface area contributed by atoms with E-state index in [4.69, 9.17) is 11.5 Å². The number of hydrogen-bond donors (Lipinski definition) is 2. The van der Waals surface area contributed by atoms with Crippen molar-refractivity contribution in [1.29, 1.82) is 0 Å². The van der Waals surface area contributed by atoms with Crippen LogP contribution in [0.2, 0.25) is 0 Å². The van der Waals surface area contributed by atoms with Gasteiger partial charge in [-0.15, -0.1) is 0 Å². The molecule has 0 radical (unpaired) electrons. The molecule has 0 aromatic heterocycles. The fraction of sp³-hybridized carbons (Fsp3) is 0.462. The van der Waals surface area contributed by atoms with E-state index < -0.39 is 0 Å². The van der Waals surface area contributed by atoms with Gasteiger partial charge in [-0.2, -0.15) is 0 Å². The summed E-state index contributed by atoms with van der Waals surface area (Å²) >= 11 is 3.49. The zero-order valence-electron chi connectivity index (χ0n) is 10.7. The minimum absolute atomic E-state index is 0.244. The van der Waals surface area contributed by atoms with E-state index in [1.165, 1.54) is 0 Å². The molecule has 5 heteroatoms. The Morgan fingerprint density at radius 3 is 2.67 bits per heavy atom. The number of rotatable bonds is 7. The molecule has 4 nitrogen and oxygen atoms in total. The number of primary amides is 1. The Bertz CT molecular complexity index is 409. The summed E-state index contributed by atoms with van der Waals surface area (Å²) in [6.45, 7) is 3.68. The first-order chi connectivity index (χ1) is 8.58. The van der Waals surface area contributed by atoms with E-state index >= 15 is 0 Å². The van der Waals surface area contributed by atoms with Crippen molar-refractivity contribution in [3.8, 4) is 0 Å². The molecule has 0 atom stereocenters. The molecule has 4 N–H and O–H groups in total. The number of benzene rings is 1. The second-order valence-corrected chi connectivity index (χ2v) is 5.08.